The van der Waals surface area contributed by atoms with Gasteiger partial charge in [-0.25, -0.2) is 72.5 Å². The molecule has 20 aromatic rings. The number of hydrogen-bond donors (Lipinski definition) is 14. The normalized spacial score (nSPS) is 11.7. The lowest BCUT2D eigenvalue weighted by molar-refractivity contribution is -0.129. The van der Waals surface area contributed by atoms with Gasteiger partial charge in [-0.15, -0.1) is 0 Å². The fourth-order valence-corrected chi connectivity index (χ4v) is 16.5. The Morgan fingerprint density at radius 1 is 0.452 bits per heavy atom. The van der Waals surface area contributed by atoms with Crippen molar-refractivity contribution in [1.29, 1.82) is 0 Å². The minimum Gasteiger partial charge on any atom is -0.444 e. The number of urea groups is 1. The number of imidazole rings is 5. The molecule has 15 aromatic heterocycles. The molecule has 0 atom stereocenters. The standard InChI is InChI=1S/C21H25N7O2.C19H22N8O.C18H19N7O.C17H19N7O2S.C17H19N7/c1-5-28(20(29)30-21(2,3)4)11-16-25-17-13-7-6-12(14-8-9-23-27-14)10-15(13)24-19(22)18(17)26-16;1-4-27(19(28)26(2)3)10-15-23-16-12-6-5-11(13-7-8-21-25-13)9-14(12)22-18(20)17(16)24-15;1-3-25(10(2)26)9-15-22-16-12-5-4-11(13-6-7-20-24-13)8-14(12)21-18(19)17(16)23-15;1-3-23(27(2,25)26)10-14-21-15-12-6-5-11(24-8-4-7-19-24)9-13(12)20-17(18)16(15)22-14;1-3-19-9-14-22-15-16(24(14)2)11-5-4-10(12-6-7-20-23-12)8-13(11)21-17(15)18/h6-10H,5,11H2,1-4H3,(H2,22,24)(H,23,27)(H,25,26);5-9H,4,10H2,1-3H3,(H2,20,22)(H,21,25)(H,23,24);4-8H,3,9H2,1-2H3,(H2,19,21)(H,20,24)(H,22,23);4-9H,3,10H2,1-2H3,(H2,18,20)(H,21,22);4-8,19H,3,9H2,1-2H3,(H2,18,21)(H,20,23). The molecule has 0 saturated heterocycles. The number of amides is 4. The summed E-state index contributed by atoms with van der Waals surface area (Å²) in [6.45, 7) is 21.6. The van der Waals surface area contributed by atoms with Crippen LogP contribution in [0.5, 0.6) is 0 Å². The summed E-state index contributed by atoms with van der Waals surface area (Å²) in [4.78, 5) is 102. The first-order chi connectivity index (χ1) is 64.8. The average molecular weight is 1840 g/mol. The second-order valence-corrected chi connectivity index (χ2v) is 35.0. The molecule has 5 aromatic carbocycles. The van der Waals surface area contributed by atoms with Crippen LogP contribution in [0.1, 0.15) is 91.4 Å². The maximum absolute atomic E-state index is 12.5. The average Bonchev–Trinajstić information content (AvgIpc) is 1.67. The van der Waals surface area contributed by atoms with Crippen LogP contribution < -0.4 is 34.0 Å². The SMILES string of the molecule is CCN(Cc1nc2c([nH]1)c(N)nc1cc(-c3ccn[nH]3)ccc12)C(=O)N(C)C.CCN(Cc1nc2c([nH]1)c(N)nc1cc(-c3ccn[nH]3)ccc12)C(=O)OC(C)(C)C.CCN(Cc1nc2c([nH]1)c(N)nc1cc(-c3ccn[nH]3)ccc12)C(C)=O.CCN(Cc1nc2c([nH]1)c(N)nc1cc(-n3cccn3)ccc12)S(C)(=O)=O.CCNCc1nc2c(N)nc3cc(-c4ccn[nH]4)ccc3c2n1C. The highest BCUT2D eigenvalue weighted by Gasteiger charge is 2.27. The van der Waals surface area contributed by atoms with Crippen molar-refractivity contribution in [2.24, 2.45) is 7.05 Å². The van der Waals surface area contributed by atoms with Crippen LogP contribution in [0.15, 0.2) is 159 Å². The lowest BCUT2D eigenvalue weighted by Gasteiger charge is -2.25. The summed E-state index contributed by atoms with van der Waals surface area (Å²) in [5.41, 5.74) is 49.9. The number of sulfonamides is 1. The van der Waals surface area contributed by atoms with Crippen LogP contribution in [0.3, 0.4) is 0 Å². The number of rotatable bonds is 21. The summed E-state index contributed by atoms with van der Waals surface area (Å²) in [5.74, 6) is 5.36. The fourth-order valence-electron chi connectivity index (χ4n) is 15.7. The number of aromatic nitrogens is 25. The predicted molar refractivity (Wildman–Crippen MR) is 524 cm³/mol. The Labute approximate surface area is 772 Å². The molecule has 0 unspecified atom stereocenters. The van der Waals surface area contributed by atoms with Crippen LogP contribution >= 0.6 is 0 Å². The van der Waals surface area contributed by atoms with E-state index in [1.807, 2.05) is 164 Å². The van der Waals surface area contributed by atoms with E-state index in [1.54, 1.807) is 83.2 Å². The first kappa shape index (κ1) is 91.7. The van der Waals surface area contributed by atoms with Gasteiger partial charge < -0.3 is 82.8 Å². The molecule has 0 fully saturated rings. The van der Waals surface area contributed by atoms with Gasteiger partial charge in [0, 0.05) is 141 Å². The fraction of sp³-hybridized carbons (Fsp3) is 0.261. The number of anilines is 5. The maximum Gasteiger partial charge on any atom is 0.410 e. The van der Waals surface area contributed by atoms with Crippen molar-refractivity contribution in [1.82, 2.24) is 154 Å². The van der Waals surface area contributed by atoms with E-state index in [-0.39, 0.29) is 31.1 Å². The molecule has 0 aliphatic heterocycles. The third-order valence-electron chi connectivity index (χ3n) is 22.5. The van der Waals surface area contributed by atoms with E-state index < -0.39 is 15.6 Å². The maximum atomic E-state index is 12.5. The smallest absolute Gasteiger partial charge is 0.410 e. The topological polar surface area (TPSA) is 582 Å². The van der Waals surface area contributed by atoms with E-state index in [0.717, 1.165) is 140 Å². The number of nitrogens with two attached hydrogens (primary N) is 5. The Hall–Kier alpha value is -16.6. The zero-order chi connectivity index (χ0) is 95.4. The van der Waals surface area contributed by atoms with Crippen LogP contribution in [-0.4, -0.2) is 234 Å². The second-order valence-electron chi connectivity index (χ2n) is 33.0. The lowest BCUT2D eigenvalue weighted by Crippen LogP contribution is -2.38. The number of carbonyl (C=O) groups is 3. The zero-order valence-electron chi connectivity index (χ0n) is 76.7. The van der Waals surface area contributed by atoms with Crippen molar-refractivity contribution >= 4 is 167 Å². The van der Waals surface area contributed by atoms with Crippen LogP contribution in [0.2, 0.25) is 0 Å². The second kappa shape index (κ2) is 38.5. The van der Waals surface area contributed by atoms with E-state index in [1.165, 1.54) is 10.6 Å². The Bertz CT molecular complexity index is 7830. The van der Waals surface area contributed by atoms with Crippen LogP contribution in [0.4, 0.5) is 38.7 Å². The molecule has 20 rings (SSSR count). The number of fused-ring (bicyclic) bond motifs is 15. The van der Waals surface area contributed by atoms with Gasteiger partial charge in [-0.1, -0.05) is 38.1 Å². The van der Waals surface area contributed by atoms with Gasteiger partial charge in [-0.2, -0.15) is 29.8 Å². The molecule has 0 aliphatic carbocycles. The highest BCUT2D eigenvalue weighted by atomic mass is 32.2. The molecule has 43 heteroatoms. The van der Waals surface area contributed by atoms with Gasteiger partial charge in [0.25, 0.3) is 0 Å². The Kier molecular flexibility index (Phi) is 26.1. The largest absolute Gasteiger partial charge is 0.444 e. The summed E-state index contributed by atoms with van der Waals surface area (Å²) >= 11 is 0. The van der Waals surface area contributed by atoms with Gasteiger partial charge in [0.15, 0.2) is 5.82 Å². The van der Waals surface area contributed by atoms with Gasteiger partial charge >= 0.3 is 12.1 Å². The lowest BCUT2D eigenvalue weighted by atomic mass is 10.1. The number of H-pyrrole nitrogens is 8. The molecule has 694 valence electrons. The number of nitrogen functional groups attached to an aromatic ring is 5. The molecule has 4 amide bonds. The summed E-state index contributed by atoms with van der Waals surface area (Å²) in [7, 11) is 2.17. The first-order valence-corrected chi connectivity index (χ1v) is 45.4. The number of nitrogens with zero attached hydrogens (tertiary/aromatic N) is 22. The quantitative estimate of drug-likeness (QED) is 0.0318. The molecule has 42 nitrogen and oxygen atoms in total. The monoisotopic (exact) mass is 1840 g/mol. The van der Waals surface area contributed by atoms with Gasteiger partial charge in [0.1, 0.15) is 108 Å². The number of aromatic amines is 8. The molecule has 0 radical (unpaired) electrons. The van der Waals surface area contributed by atoms with Crippen molar-refractivity contribution in [2.75, 3.05) is 81.7 Å². The number of pyridine rings is 5. The van der Waals surface area contributed by atoms with E-state index in [0.29, 0.717) is 131 Å². The van der Waals surface area contributed by atoms with E-state index in [4.69, 9.17) is 43.4 Å². The number of ether oxygens (including phenoxy) is 1. The van der Waals surface area contributed by atoms with Crippen molar-refractivity contribution in [3.8, 4) is 50.7 Å². The number of carbonyl (C=O) groups excluding carboxylic acids is 3. The Balaban J connectivity index is 0.000000123. The van der Waals surface area contributed by atoms with E-state index >= 15 is 0 Å². The highest BCUT2D eigenvalue weighted by molar-refractivity contribution is 7.88. The number of hydrogen-bond acceptors (Lipinski definition) is 27. The van der Waals surface area contributed by atoms with Crippen molar-refractivity contribution in [3.63, 3.8) is 0 Å². The van der Waals surface area contributed by atoms with Gasteiger partial charge in [-0.05, 0) is 145 Å². The minimum absolute atomic E-state index is 0.00751. The number of benzene rings is 5. The molecule has 135 heavy (non-hydrogen) atoms. The predicted octanol–water partition coefficient (Wildman–Crippen LogP) is 12.7. The summed E-state index contributed by atoms with van der Waals surface area (Å²) in [6.07, 6.45) is 11.2. The van der Waals surface area contributed by atoms with Crippen molar-refractivity contribution in [3.05, 3.63) is 188 Å². The Morgan fingerprint density at radius 3 is 1.19 bits per heavy atom. The van der Waals surface area contributed by atoms with Crippen LogP contribution in [0.25, 0.3) is 160 Å². The van der Waals surface area contributed by atoms with E-state index in [9.17, 15) is 22.8 Å². The van der Waals surface area contributed by atoms with Crippen molar-refractivity contribution < 1.29 is 27.5 Å². The third kappa shape index (κ3) is 19.6. The zero-order valence-corrected chi connectivity index (χ0v) is 77.5. The van der Waals surface area contributed by atoms with Crippen LogP contribution in [0, 0.1) is 0 Å². The number of aryl methyl sites for hydroxylation is 1. The molecule has 0 spiro atoms. The Morgan fingerprint density at radius 2 is 0.830 bits per heavy atom. The molecular formula is C92H104N36O6S. The summed E-state index contributed by atoms with van der Waals surface area (Å²) in [5, 5.41) is 39.9. The summed E-state index contributed by atoms with van der Waals surface area (Å²) < 4.78 is 34.4. The minimum atomic E-state index is -3.32. The van der Waals surface area contributed by atoms with Crippen LogP contribution in [-0.2, 0) is 59.3 Å². The molecule has 0 aliphatic rings. The highest BCUT2D eigenvalue weighted by Crippen LogP contribution is 2.37. The van der Waals surface area contributed by atoms with Gasteiger partial charge in [-0.3, -0.25) is 25.2 Å². The number of nitrogens with one attached hydrogen (secondary N) is 9. The molecule has 0 saturated carbocycles. The molecular weight excluding hydrogens is 1740 g/mol. The third-order valence-corrected chi connectivity index (χ3v) is 23.9. The van der Waals surface area contributed by atoms with Gasteiger partial charge in [0.05, 0.1) is 101 Å². The van der Waals surface area contributed by atoms with Gasteiger partial charge in [0.2, 0.25) is 15.9 Å². The first-order valence-electron chi connectivity index (χ1n) is 43.5. The summed E-state index contributed by atoms with van der Waals surface area (Å²) in [6, 6.07) is 39.1. The molecule has 15 heterocycles. The van der Waals surface area contributed by atoms with Crippen molar-refractivity contribution in [2.45, 2.75) is 101 Å². The van der Waals surface area contributed by atoms with E-state index in [2.05, 4.69) is 135 Å². The molecule has 0 bridgehead atoms. The molecule has 19 N–H and O–H groups in total.